The molecule has 0 aliphatic rings. The van der Waals surface area contributed by atoms with Crippen LogP contribution in [0, 0.1) is 0 Å². The maximum absolute atomic E-state index is 12.2. The second-order valence-electron chi connectivity index (χ2n) is 6.70. The molecule has 0 heterocycles. The quantitative estimate of drug-likeness (QED) is 0.503. The predicted molar refractivity (Wildman–Crippen MR) is 115 cm³/mol. The van der Waals surface area contributed by atoms with Crippen molar-refractivity contribution in [2.45, 2.75) is 40.0 Å². The molecule has 29 heavy (non-hydrogen) atoms. The van der Waals surface area contributed by atoms with Crippen molar-refractivity contribution in [3.63, 3.8) is 0 Å². The summed E-state index contributed by atoms with van der Waals surface area (Å²) in [5.41, 5.74) is 8.00. The van der Waals surface area contributed by atoms with Crippen LogP contribution in [0.1, 0.15) is 59.9 Å². The molecule has 6 nitrogen and oxygen atoms in total. The number of ketones is 1. The Morgan fingerprint density at radius 1 is 0.759 bits per heavy atom. The molecule has 0 saturated carbocycles. The fraction of sp³-hybridized carbons (Fsp3) is 0.348. The van der Waals surface area contributed by atoms with Gasteiger partial charge in [0.2, 0.25) is 5.91 Å². The van der Waals surface area contributed by atoms with E-state index in [0.29, 0.717) is 11.1 Å². The Balaban J connectivity index is 1.79. The standard InChI is InChI=1S/C23H29N3O3/c1-4-17-7-9-18(10-8-17)21(27)15-16-22(28)24-25-23(29)19-11-13-20(14-12-19)26(5-2)6-3/h7-14H,4-6,15-16H2,1-3H3,(H,24,28)(H,25,29). The van der Waals surface area contributed by atoms with Crippen LogP contribution in [0.4, 0.5) is 5.69 Å². The van der Waals surface area contributed by atoms with Gasteiger partial charge >= 0.3 is 0 Å². The summed E-state index contributed by atoms with van der Waals surface area (Å²) >= 11 is 0. The molecule has 0 atom stereocenters. The largest absolute Gasteiger partial charge is 0.372 e. The third-order valence-corrected chi connectivity index (χ3v) is 4.84. The van der Waals surface area contributed by atoms with Gasteiger partial charge in [0.25, 0.3) is 5.91 Å². The van der Waals surface area contributed by atoms with Gasteiger partial charge in [-0.1, -0.05) is 31.2 Å². The summed E-state index contributed by atoms with van der Waals surface area (Å²) in [5, 5.41) is 0. The summed E-state index contributed by atoms with van der Waals surface area (Å²) in [4.78, 5) is 38.5. The van der Waals surface area contributed by atoms with Crippen LogP contribution in [0.25, 0.3) is 0 Å². The van der Waals surface area contributed by atoms with Gasteiger partial charge in [-0.25, -0.2) is 0 Å². The molecule has 6 heteroatoms. The molecule has 2 N–H and O–H groups in total. The van der Waals surface area contributed by atoms with Gasteiger partial charge in [0.15, 0.2) is 5.78 Å². The van der Waals surface area contributed by atoms with E-state index < -0.39 is 11.8 Å². The number of amides is 2. The lowest BCUT2D eigenvalue weighted by Gasteiger charge is -2.21. The highest BCUT2D eigenvalue weighted by Crippen LogP contribution is 2.14. The number of nitrogens with one attached hydrogen (secondary N) is 2. The highest BCUT2D eigenvalue weighted by atomic mass is 16.2. The summed E-state index contributed by atoms with van der Waals surface area (Å²) in [5.74, 6) is -0.899. The lowest BCUT2D eigenvalue weighted by Crippen LogP contribution is -2.41. The normalized spacial score (nSPS) is 10.3. The second-order valence-corrected chi connectivity index (χ2v) is 6.70. The minimum Gasteiger partial charge on any atom is -0.372 e. The van der Waals surface area contributed by atoms with E-state index >= 15 is 0 Å². The van der Waals surface area contributed by atoms with Gasteiger partial charge in [0, 0.05) is 42.7 Å². The first-order valence-corrected chi connectivity index (χ1v) is 10.0. The van der Waals surface area contributed by atoms with E-state index in [0.717, 1.165) is 30.8 Å². The van der Waals surface area contributed by atoms with Gasteiger partial charge in [0.1, 0.15) is 0 Å². The SMILES string of the molecule is CCc1ccc(C(=O)CCC(=O)NNC(=O)c2ccc(N(CC)CC)cc2)cc1. The van der Waals surface area contributed by atoms with Gasteiger partial charge in [-0.15, -0.1) is 0 Å². The van der Waals surface area contributed by atoms with E-state index in [1.54, 1.807) is 24.3 Å². The van der Waals surface area contributed by atoms with Crippen molar-refractivity contribution in [3.8, 4) is 0 Å². The van der Waals surface area contributed by atoms with E-state index in [1.165, 1.54) is 0 Å². The highest BCUT2D eigenvalue weighted by Gasteiger charge is 2.11. The van der Waals surface area contributed by atoms with Crippen molar-refractivity contribution >= 4 is 23.3 Å². The number of carbonyl (C=O) groups is 3. The van der Waals surface area contributed by atoms with Gasteiger partial charge in [-0.05, 0) is 50.1 Å². The molecule has 2 aromatic rings. The smallest absolute Gasteiger partial charge is 0.269 e. The summed E-state index contributed by atoms with van der Waals surface area (Å²) in [7, 11) is 0. The Bertz CT molecular complexity index is 825. The summed E-state index contributed by atoms with van der Waals surface area (Å²) in [6, 6.07) is 14.6. The van der Waals surface area contributed by atoms with Crippen molar-refractivity contribution < 1.29 is 14.4 Å². The summed E-state index contributed by atoms with van der Waals surface area (Å²) in [6.45, 7) is 7.98. The number of anilines is 1. The molecule has 2 amide bonds. The summed E-state index contributed by atoms with van der Waals surface area (Å²) in [6.07, 6.45) is 1.01. The molecular weight excluding hydrogens is 366 g/mol. The number of hydrogen-bond donors (Lipinski definition) is 2. The molecule has 0 aliphatic carbocycles. The zero-order valence-corrected chi connectivity index (χ0v) is 17.3. The number of hydrazine groups is 1. The third kappa shape index (κ3) is 6.45. The summed E-state index contributed by atoms with van der Waals surface area (Å²) < 4.78 is 0. The predicted octanol–water partition coefficient (Wildman–Crippen LogP) is 3.52. The molecule has 154 valence electrons. The minimum absolute atomic E-state index is 0.00946. The number of nitrogens with zero attached hydrogens (tertiary/aromatic N) is 1. The number of benzene rings is 2. The Hall–Kier alpha value is -3.15. The average molecular weight is 396 g/mol. The van der Waals surface area contributed by atoms with Crippen LogP contribution >= 0.6 is 0 Å². The maximum atomic E-state index is 12.2. The van der Waals surface area contributed by atoms with E-state index in [1.807, 2.05) is 24.3 Å². The number of Topliss-reactive ketones (excluding diaryl/α,β-unsaturated/α-hetero) is 1. The topological polar surface area (TPSA) is 78.5 Å². The molecule has 0 unspecified atom stereocenters. The van der Waals surface area contributed by atoms with Crippen LogP contribution in [-0.2, 0) is 11.2 Å². The first-order chi connectivity index (χ1) is 14.0. The number of carbonyl (C=O) groups excluding carboxylic acids is 3. The number of rotatable bonds is 9. The third-order valence-electron chi connectivity index (χ3n) is 4.84. The molecular formula is C23H29N3O3. The fourth-order valence-electron chi connectivity index (χ4n) is 2.97. The van der Waals surface area contributed by atoms with Gasteiger partial charge in [-0.2, -0.15) is 0 Å². The Morgan fingerprint density at radius 2 is 1.34 bits per heavy atom. The van der Waals surface area contributed by atoms with Gasteiger partial charge in [0.05, 0.1) is 0 Å². The van der Waals surface area contributed by atoms with Crippen LogP contribution in [0.2, 0.25) is 0 Å². The van der Waals surface area contributed by atoms with Gasteiger partial charge in [-0.3, -0.25) is 25.2 Å². The average Bonchev–Trinajstić information content (AvgIpc) is 2.77. The Morgan fingerprint density at radius 3 is 1.90 bits per heavy atom. The molecule has 2 aromatic carbocycles. The van der Waals surface area contributed by atoms with Crippen molar-refractivity contribution in [2.24, 2.45) is 0 Å². The second kappa shape index (κ2) is 11.0. The minimum atomic E-state index is -0.406. The zero-order chi connectivity index (χ0) is 21.2. The zero-order valence-electron chi connectivity index (χ0n) is 17.3. The Kier molecular flexibility index (Phi) is 8.40. The van der Waals surface area contributed by atoms with Gasteiger partial charge < -0.3 is 4.90 Å². The van der Waals surface area contributed by atoms with E-state index in [2.05, 4.69) is 36.5 Å². The lowest BCUT2D eigenvalue weighted by molar-refractivity contribution is -0.121. The van der Waals surface area contributed by atoms with Crippen molar-refractivity contribution in [1.82, 2.24) is 10.9 Å². The lowest BCUT2D eigenvalue weighted by atomic mass is 10.0. The molecule has 0 saturated heterocycles. The Labute approximate surface area is 172 Å². The first kappa shape index (κ1) is 22.1. The number of hydrogen-bond acceptors (Lipinski definition) is 4. The number of aryl methyl sites for hydroxylation is 1. The molecule has 2 rings (SSSR count). The molecule has 0 fully saturated rings. The molecule has 0 radical (unpaired) electrons. The van der Waals surface area contributed by atoms with Crippen LogP contribution in [-0.4, -0.2) is 30.7 Å². The molecule has 0 spiro atoms. The maximum Gasteiger partial charge on any atom is 0.269 e. The molecule has 0 aromatic heterocycles. The van der Waals surface area contributed by atoms with Crippen molar-refractivity contribution in [3.05, 3.63) is 65.2 Å². The van der Waals surface area contributed by atoms with Crippen LogP contribution in [0.3, 0.4) is 0 Å². The van der Waals surface area contributed by atoms with Crippen LogP contribution < -0.4 is 15.8 Å². The molecule has 0 aliphatic heterocycles. The van der Waals surface area contributed by atoms with Crippen molar-refractivity contribution in [2.75, 3.05) is 18.0 Å². The van der Waals surface area contributed by atoms with Crippen LogP contribution in [0.15, 0.2) is 48.5 Å². The fourth-order valence-corrected chi connectivity index (χ4v) is 2.97. The first-order valence-electron chi connectivity index (χ1n) is 10.0. The molecule has 0 bridgehead atoms. The monoisotopic (exact) mass is 395 g/mol. The van der Waals surface area contributed by atoms with E-state index in [9.17, 15) is 14.4 Å². The van der Waals surface area contributed by atoms with Crippen molar-refractivity contribution in [1.29, 1.82) is 0 Å². The highest BCUT2D eigenvalue weighted by molar-refractivity contribution is 5.99. The van der Waals surface area contributed by atoms with E-state index in [4.69, 9.17) is 0 Å². The van der Waals surface area contributed by atoms with E-state index in [-0.39, 0.29) is 18.6 Å². The van der Waals surface area contributed by atoms with Crippen LogP contribution in [0.5, 0.6) is 0 Å².